The Hall–Kier alpha value is -0.260. The minimum Gasteiger partial charge on any atom is -0.323 e. The molecule has 0 aromatic carbocycles. The third-order valence-corrected chi connectivity index (χ3v) is 1.13. The van der Waals surface area contributed by atoms with E-state index in [-0.39, 0.29) is 0 Å². The highest BCUT2D eigenvalue weighted by Gasteiger charge is 1.84. The van der Waals surface area contributed by atoms with Crippen molar-refractivity contribution in [3.63, 3.8) is 0 Å². The van der Waals surface area contributed by atoms with Crippen LogP contribution in [0.2, 0.25) is 0 Å². The van der Waals surface area contributed by atoms with Crippen LogP contribution in [0.5, 0.6) is 0 Å². The Morgan fingerprint density at radius 2 is 2.57 bits per heavy atom. The van der Waals surface area contributed by atoms with Crippen molar-refractivity contribution in [2.45, 2.75) is 0 Å². The molecule has 0 radical (unpaired) electrons. The molecule has 0 bridgehead atoms. The summed E-state index contributed by atoms with van der Waals surface area (Å²) in [6, 6.07) is 0. The summed E-state index contributed by atoms with van der Waals surface area (Å²) in [4.78, 5) is 1.28. The maximum Gasteiger partial charge on any atom is 0.0644 e. The fraction of sp³-hybridized carbons (Fsp3) is 0. The molecule has 0 amide bonds. The van der Waals surface area contributed by atoms with Gasteiger partial charge in [-0.2, -0.15) is 9.89 Å². The second kappa shape index (κ2) is 1.69. The van der Waals surface area contributed by atoms with Crippen LogP contribution >= 0.6 is 22.6 Å². The van der Waals surface area contributed by atoms with Gasteiger partial charge in [0.1, 0.15) is 0 Å². The molecule has 1 heterocycles. The van der Waals surface area contributed by atoms with Crippen molar-refractivity contribution in [1.29, 1.82) is 0 Å². The molecule has 0 aliphatic rings. The molecule has 0 saturated heterocycles. The maximum absolute atomic E-state index is 5.18. The second-order valence-corrected chi connectivity index (χ2v) is 2.38. The first-order valence-corrected chi connectivity index (χ1v) is 2.82. The molecule has 4 heteroatoms. The lowest BCUT2D eigenvalue weighted by Crippen LogP contribution is -2.06. The van der Waals surface area contributed by atoms with Gasteiger partial charge in [0.15, 0.2) is 0 Å². The van der Waals surface area contributed by atoms with Gasteiger partial charge in [-0.1, -0.05) is 0 Å². The molecule has 0 unspecified atom stereocenters. The number of nitrogen functional groups attached to an aromatic ring is 1. The molecule has 0 atom stereocenters. The van der Waals surface area contributed by atoms with E-state index in [1.165, 1.54) is 4.79 Å². The maximum atomic E-state index is 5.18. The smallest absolute Gasteiger partial charge is 0.0644 e. The molecule has 3 nitrogen and oxygen atoms in total. The van der Waals surface area contributed by atoms with Gasteiger partial charge < -0.3 is 5.84 Å². The quantitative estimate of drug-likeness (QED) is 0.490. The van der Waals surface area contributed by atoms with Crippen LogP contribution < -0.4 is 5.84 Å². The molecule has 7 heavy (non-hydrogen) atoms. The van der Waals surface area contributed by atoms with Crippen molar-refractivity contribution in [2.75, 3.05) is 5.84 Å². The third kappa shape index (κ3) is 1.05. The molecule has 0 aliphatic heterocycles. The van der Waals surface area contributed by atoms with Gasteiger partial charge in [0.2, 0.25) is 0 Å². The van der Waals surface area contributed by atoms with E-state index in [2.05, 4.69) is 27.7 Å². The summed E-state index contributed by atoms with van der Waals surface area (Å²) in [5, 5.41) is 3.70. The van der Waals surface area contributed by atoms with E-state index in [9.17, 15) is 0 Å². The average Bonchev–Trinajstić information content (AvgIpc) is 1.87. The van der Waals surface area contributed by atoms with Crippen LogP contribution in [0.3, 0.4) is 0 Å². The number of aromatic nitrogens is 2. The lowest BCUT2D eigenvalue weighted by atomic mass is 10.8. The van der Waals surface area contributed by atoms with Gasteiger partial charge in [0.05, 0.1) is 16.0 Å². The van der Waals surface area contributed by atoms with Crippen molar-refractivity contribution in [1.82, 2.24) is 9.89 Å². The summed E-state index contributed by atoms with van der Waals surface area (Å²) in [7, 11) is 0. The fourth-order valence-corrected chi connectivity index (χ4v) is 0.725. The number of nitrogens with zero attached hydrogens (tertiary/aromatic N) is 2. The zero-order chi connectivity index (χ0) is 5.28. The summed E-state index contributed by atoms with van der Waals surface area (Å²) >= 11 is 2.14. The Bertz CT molecular complexity index is 142. The second-order valence-electron chi connectivity index (χ2n) is 1.14. The van der Waals surface area contributed by atoms with Crippen LogP contribution in [-0.4, -0.2) is 9.89 Å². The summed E-state index contributed by atoms with van der Waals surface area (Å²) in [6.45, 7) is 0. The van der Waals surface area contributed by atoms with Crippen LogP contribution in [0.15, 0.2) is 12.4 Å². The lowest BCUT2D eigenvalue weighted by molar-refractivity contribution is 0.832. The topological polar surface area (TPSA) is 43.8 Å². The number of nitrogens with two attached hydrogens (primary N) is 1. The zero-order valence-corrected chi connectivity index (χ0v) is 5.66. The lowest BCUT2D eigenvalue weighted by Gasteiger charge is -1.79. The minimum absolute atomic E-state index is 1.06. The fourth-order valence-electron chi connectivity index (χ4n) is 0.315. The summed E-state index contributed by atoms with van der Waals surface area (Å²) < 4.78 is 1.06. The molecule has 0 fully saturated rings. The summed E-state index contributed by atoms with van der Waals surface area (Å²) in [5.41, 5.74) is 0. The Balaban J connectivity index is 3.04. The number of rotatable bonds is 0. The Labute approximate surface area is 54.6 Å². The van der Waals surface area contributed by atoms with Crippen molar-refractivity contribution in [3.05, 3.63) is 16.0 Å². The van der Waals surface area contributed by atoms with Crippen LogP contribution in [-0.2, 0) is 0 Å². The van der Waals surface area contributed by atoms with E-state index in [1.54, 1.807) is 12.4 Å². The highest BCUT2D eigenvalue weighted by molar-refractivity contribution is 14.1. The highest BCUT2D eigenvalue weighted by atomic mass is 127. The predicted molar refractivity (Wildman–Crippen MR) is 35.1 cm³/mol. The van der Waals surface area contributed by atoms with E-state index in [0.717, 1.165) is 3.57 Å². The van der Waals surface area contributed by atoms with Gasteiger partial charge in [0.25, 0.3) is 0 Å². The largest absolute Gasteiger partial charge is 0.323 e. The molecule has 2 N–H and O–H groups in total. The molecular weight excluding hydrogens is 205 g/mol. The average molecular weight is 209 g/mol. The van der Waals surface area contributed by atoms with Gasteiger partial charge in [-0.15, -0.1) is 0 Å². The van der Waals surface area contributed by atoms with Crippen molar-refractivity contribution in [3.8, 4) is 0 Å². The van der Waals surface area contributed by atoms with Gasteiger partial charge in [0, 0.05) is 0 Å². The summed E-state index contributed by atoms with van der Waals surface area (Å²) in [5.74, 6) is 5.18. The molecule has 1 rings (SSSR count). The van der Waals surface area contributed by atoms with Crippen LogP contribution in [0.25, 0.3) is 0 Å². The van der Waals surface area contributed by atoms with Crippen molar-refractivity contribution in [2.24, 2.45) is 0 Å². The van der Waals surface area contributed by atoms with Crippen LogP contribution in [0.1, 0.15) is 0 Å². The molecular formula is C3H4IN3. The van der Waals surface area contributed by atoms with Crippen LogP contribution in [0, 0.1) is 3.57 Å². The van der Waals surface area contributed by atoms with Crippen molar-refractivity contribution >= 4 is 22.6 Å². The summed E-state index contributed by atoms with van der Waals surface area (Å²) in [6.07, 6.45) is 3.43. The zero-order valence-electron chi connectivity index (χ0n) is 3.50. The van der Waals surface area contributed by atoms with E-state index in [4.69, 9.17) is 5.84 Å². The molecule has 1 aromatic heterocycles. The first kappa shape index (κ1) is 4.89. The predicted octanol–water partition coefficient (Wildman–Crippen LogP) is 0.201. The van der Waals surface area contributed by atoms with E-state index >= 15 is 0 Å². The van der Waals surface area contributed by atoms with Gasteiger partial charge in [-0.05, 0) is 22.6 Å². The Morgan fingerprint density at radius 3 is 2.71 bits per heavy atom. The number of hydrogen-bond donors (Lipinski definition) is 1. The number of halogens is 1. The van der Waals surface area contributed by atoms with Crippen molar-refractivity contribution < 1.29 is 0 Å². The van der Waals surface area contributed by atoms with E-state index in [0.29, 0.717) is 0 Å². The molecule has 38 valence electrons. The third-order valence-electron chi connectivity index (χ3n) is 0.570. The first-order valence-electron chi connectivity index (χ1n) is 1.74. The highest BCUT2D eigenvalue weighted by Crippen LogP contribution is 1.97. The normalized spacial score (nSPS) is 9.29. The molecule has 1 aromatic rings. The first-order chi connectivity index (χ1) is 3.29. The standard InChI is InChI=1S/C3H4IN3/c4-3-1-6-7(5)2-3/h1-2H,5H2. The Kier molecular flexibility index (Phi) is 1.18. The molecule has 0 aliphatic carbocycles. The van der Waals surface area contributed by atoms with Gasteiger partial charge >= 0.3 is 0 Å². The Morgan fingerprint density at radius 1 is 1.86 bits per heavy atom. The van der Waals surface area contributed by atoms with E-state index < -0.39 is 0 Å². The molecule has 0 saturated carbocycles. The van der Waals surface area contributed by atoms with Gasteiger partial charge in [-0.25, -0.2) is 0 Å². The number of hydrogen-bond acceptors (Lipinski definition) is 2. The monoisotopic (exact) mass is 209 g/mol. The van der Waals surface area contributed by atoms with E-state index in [1.807, 2.05) is 0 Å². The van der Waals surface area contributed by atoms with Gasteiger partial charge in [-0.3, -0.25) is 0 Å². The SMILES string of the molecule is Nn1cc(I)cn1. The van der Waals surface area contributed by atoms with Crippen LogP contribution in [0.4, 0.5) is 0 Å². The minimum atomic E-state index is 1.06. The molecule has 0 spiro atoms.